The molecule has 0 fully saturated rings. The van der Waals surface area contributed by atoms with Crippen molar-refractivity contribution in [2.24, 2.45) is 0 Å². The molecular formula is C33H26BNO2. The molecule has 178 valence electrons. The molecule has 0 radical (unpaired) electrons. The monoisotopic (exact) mass is 479 g/mol. The predicted molar refractivity (Wildman–Crippen MR) is 153 cm³/mol. The molecule has 0 aromatic heterocycles. The van der Waals surface area contributed by atoms with Gasteiger partial charge >= 0.3 is 0 Å². The normalized spacial score (nSPS) is 13.2. The molecule has 0 unspecified atom stereocenters. The van der Waals surface area contributed by atoms with Gasteiger partial charge in [0.2, 0.25) is 0 Å². The number of benzene rings is 5. The van der Waals surface area contributed by atoms with E-state index in [2.05, 4.69) is 97.6 Å². The van der Waals surface area contributed by atoms with Gasteiger partial charge < -0.3 is 14.4 Å². The Labute approximate surface area is 218 Å². The van der Waals surface area contributed by atoms with Gasteiger partial charge in [0.15, 0.2) is 11.5 Å². The van der Waals surface area contributed by atoms with Gasteiger partial charge in [0.05, 0.1) is 17.1 Å². The van der Waals surface area contributed by atoms with Crippen LogP contribution in [0.15, 0.2) is 115 Å². The highest BCUT2D eigenvalue weighted by molar-refractivity contribution is 6.96. The van der Waals surface area contributed by atoms with Crippen LogP contribution >= 0.6 is 0 Å². The largest absolute Gasteiger partial charge is 0.458 e. The molecule has 7 rings (SSSR count). The minimum Gasteiger partial charge on any atom is -0.458 e. The van der Waals surface area contributed by atoms with Gasteiger partial charge in [0.1, 0.15) is 11.5 Å². The maximum atomic E-state index is 6.67. The zero-order valence-electron chi connectivity index (χ0n) is 20.9. The molecule has 0 atom stereocenters. The van der Waals surface area contributed by atoms with Crippen molar-refractivity contribution in [3.8, 4) is 23.0 Å². The first kappa shape index (κ1) is 21.8. The van der Waals surface area contributed by atoms with Crippen LogP contribution in [-0.2, 0) is 0 Å². The number of nitrogens with zero attached hydrogens (tertiary/aromatic N) is 1. The van der Waals surface area contributed by atoms with E-state index in [1.165, 1.54) is 22.0 Å². The minimum atomic E-state index is 0.111. The molecule has 0 spiro atoms. The van der Waals surface area contributed by atoms with Gasteiger partial charge in [-0.2, -0.15) is 0 Å². The third-order valence-corrected chi connectivity index (χ3v) is 7.37. The van der Waals surface area contributed by atoms with Crippen molar-refractivity contribution in [3.05, 3.63) is 121 Å². The number of fused-ring (bicyclic) bond motifs is 4. The average molecular weight is 479 g/mol. The summed E-state index contributed by atoms with van der Waals surface area (Å²) in [6.45, 7) is 4.55. The van der Waals surface area contributed by atoms with Crippen molar-refractivity contribution in [1.82, 2.24) is 0 Å². The van der Waals surface area contributed by atoms with Crippen molar-refractivity contribution in [2.75, 3.05) is 4.90 Å². The first-order chi connectivity index (χ1) is 18.2. The van der Waals surface area contributed by atoms with Crippen molar-refractivity contribution < 1.29 is 9.47 Å². The standard InChI is InChI=1S/C33H26BNO2/c1-22(2)23-16-18-26-32(20-23)37-33-21-25(17-19-27(33)34(26)24-10-4-3-5-11-24)35-28-12-6-8-14-30(28)36-31-15-9-7-13-29(31)35/h3-22H,1-2H3. The molecule has 0 saturated heterocycles. The van der Waals surface area contributed by atoms with Crippen LogP contribution in [0.5, 0.6) is 23.0 Å². The Hall–Kier alpha value is -4.44. The highest BCUT2D eigenvalue weighted by atomic mass is 16.5. The van der Waals surface area contributed by atoms with E-state index in [0.29, 0.717) is 5.92 Å². The first-order valence-electron chi connectivity index (χ1n) is 12.8. The number of hydrogen-bond acceptors (Lipinski definition) is 3. The second-order valence-electron chi connectivity index (χ2n) is 9.99. The van der Waals surface area contributed by atoms with Crippen molar-refractivity contribution in [2.45, 2.75) is 19.8 Å². The second-order valence-corrected chi connectivity index (χ2v) is 9.99. The number of hydrogen-bond donors (Lipinski definition) is 0. The molecule has 2 aliphatic rings. The molecule has 2 heterocycles. The summed E-state index contributed by atoms with van der Waals surface area (Å²) in [5, 5.41) is 0. The lowest BCUT2D eigenvalue weighted by Crippen LogP contribution is -2.54. The summed E-state index contributed by atoms with van der Waals surface area (Å²) in [7, 11) is 0. The third-order valence-electron chi connectivity index (χ3n) is 7.37. The third kappa shape index (κ3) is 3.60. The lowest BCUT2D eigenvalue weighted by atomic mass is 9.36. The fraction of sp³-hybridized carbons (Fsp3) is 0.0909. The van der Waals surface area contributed by atoms with E-state index in [4.69, 9.17) is 9.47 Å². The summed E-state index contributed by atoms with van der Waals surface area (Å²) in [4.78, 5) is 2.26. The Morgan fingerprint density at radius 1 is 0.568 bits per heavy atom. The Kier molecular flexibility index (Phi) is 5.07. The summed E-state index contributed by atoms with van der Waals surface area (Å²) < 4.78 is 12.9. The number of rotatable bonds is 3. The summed E-state index contributed by atoms with van der Waals surface area (Å²) in [6, 6.07) is 40.4. The van der Waals surface area contributed by atoms with Crippen molar-refractivity contribution in [1.29, 1.82) is 0 Å². The van der Waals surface area contributed by atoms with Crippen LogP contribution in [0.25, 0.3) is 0 Å². The van der Waals surface area contributed by atoms with Crippen molar-refractivity contribution in [3.63, 3.8) is 0 Å². The average Bonchev–Trinajstić information content (AvgIpc) is 2.94. The Bertz CT molecular complexity index is 1580. The fourth-order valence-corrected chi connectivity index (χ4v) is 5.50. The van der Waals surface area contributed by atoms with E-state index in [1.54, 1.807) is 0 Å². The van der Waals surface area contributed by atoms with E-state index >= 15 is 0 Å². The molecular weight excluding hydrogens is 453 g/mol. The van der Waals surface area contributed by atoms with E-state index in [-0.39, 0.29) is 6.71 Å². The van der Waals surface area contributed by atoms with Gasteiger partial charge in [-0.1, -0.05) is 92.1 Å². The second kappa shape index (κ2) is 8.60. The van der Waals surface area contributed by atoms with Crippen LogP contribution in [0, 0.1) is 0 Å². The Balaban J connectivity index is 1.40. The van der Waals surface area contributed by atoms with Crippen LogP contribution in [0.1, 0.15) is 25.3 Å². The van der Waals surface area contributed by atoms with Gasteiger partial charge in [-0.15, -0.1) is 0 Å². The quantitative estimate of drug-likeness (QED) is 0.255. The van der Waals surface area contributed by atoms with E-state index < -0.39 is 0 Å². The lowest BCUT2D eigenvalue weighted by molar-refractivity contribution is 0.476. The summed E-state index contributed by atoms with van der Waals surface area (Å²) in [5.74, 6) is 3.94. The highest BCUT2D eigenvalue weighted by Gasteiger charge is 2.34. The molecule has 5 aromatic carbocycles. The summed E-state index contributed by atoms with van der Waals surface area (Å²) >= 11 is 0. The number of para-hydroxylation sites is 4. The maximum Gasteiger partial charge on any atom is 0.250 e. The van der Waals surface area contributed by atoms with E-state index in [1.807, 2.05) is 36.4 Å². The maximum absolute atomic E-state index is 6.67. The first-order valence-corrected chi connectivity index (χ1v) is 12.8. The van der Waals surface area contributed by atoms with Gasteiger partial charge in [-0.05, 0) is 58.8 Å². The van der Waals surface area contributed by atoms with Crippen LogP contribution in [0.2, 0.25) is 0 Å². The number of anilines is 3. The minimum absolute atomic E-state index is 0.111. The molecule has 0 bridgehead atoms. The summed E-state index contributed by atoms with van der Waals surface area (Å²) in [6.07, 6.45) is 0. The van der Waals surface area contributed by atoms with Crippen LogP contribution < -0.4 is 30.8 Å². The van der Waals surface area contributed by atoms with Crippen LogP contribution in [-0.4, -0.2) is 6.71 Å². The van der Waals surface area contributed by atoms with E-state index in [0.717, 1.165) is 40.1 Å². The molecule has 5 aromatic rings. The number of ether oxygens (including phenoxy) is 2. The topological polar surface area (TPSA) is 21.7 Å². The Morgan fingerprint density at radius 3 is 1.81 bits per heavy atom. The molecule has 4 heteroatoms. The van der Waals surface area contributed by atoms with Crippen molar-refractivity contribution >= 4 is 40.2 Å². The zero-order chi connectivity index (χ0) is 24.9. The molecule has 2 aliphatic heterocycles. The molecule has 3 nitrogen and oxygen atoms in total. The van der Waals surface area contributed by atoms with Crippen LogP contribution in [0.4, 0.5) is 17.1 Å². The highest BCUT2D eigenvalue weighted by Crippen LogP contribution is 2.50. The van der Waals surface area contributed by atoms with Crippen LogP contribution in [0.3, 0.4) is 0 Å². The van der Waals surface area contributed by atoms with Gasteiger partial charge in [-0.3, -0.25) is 0 Å². The molecule has 0 saturated carbocycles. The van der Waals surface area contributed by atoms with E-state index in [9.17, 15) is 0 Å². The smallest absolute Gasteiger partial charge is 0.250 e. The van der Waals surface area contributed by atoms with Gasteiger partial charge in [0, 0.05) is 6.07 Å². The van der Waals surface area contributed by atoms with Gasteiger partial charge in [0.25, 0.3) is 6.71 Å². The Morgan fingerprint density at radius 2 is 1.14 bits per heavy atom. The molecule has 0 aliphatic carbocycles. The fourth-order valence-electron chi connectivity index (χ4n) is 5.50. The molecule has 0 amide bonds. The SMILES string of the molecule is CC(C)c1ccc2c(c1)Oc1cc(N3c4ccccc4Oc4ccccc43)ccc1B2c1ccccc1. The summed E-state index contributed by atoms with van der Waals surface area (Å²) in [5.41, 5.74) is 7.99. The molecule has 0 N–H and O–H groups in total. The predicted octanol–water partition coefficient (Wildman–Crippen LogP) is 7.01. The lowest BCUT2D eigenvalue weighted by Gasteiger charge is -2.34. The zero-order valence-corrected chi connectivity index (χ0v) is 20.9. The molecule has 37 heavy (non-hydrogen) atoms. The van der Waals surface area contributed by atoms with Gasteiger partial charge in [-0.25, -0.2) is 0 Å².